The molecule has 0 aliphatic heterocycles. The zero-order valence-corrected chi connectivity index (χ0v) is 13.9. The summed E-state index contributed by atoms with van der Waals surface area (Å²) in [6.45, 7) is 0. The Balaban J connectivity index is 2.47. The first kappa shape index (κ1) is 15.1. The van der Waals surface area contributed by atoms with Crippen molar-refractivity contribution in [3.8, 4) is 17.2 Å². The molecule has 0 aliphatic rings. The van der Waals surface area contributed by atoms with Crippen molar-refractivity contribution in [1.82, 2.24) is 0 Å². The van der Waals surface area contributed by atoms with Crippen LogP contribution in [0.25, 0.3) is 0 Å². The largest absolute Gasteiger partial charge is 0.496 e. The fraction of sp³-hybridized carbons (Fsp3) is 0.200. The van der Waals surface area contributed by atoms with E-state index in [1.807, 2.05) is 36.4 Å². The van der Waals surface area contributed by atoms with E-state index in [9.17, 15) is 0 Å². The predicted molar refractivity (Wildman–Crippen MR) is 84.4 cm³/mol. The van der Waals surface area contributed by atoms with Gasteiger partial charge in [-0.3, -0.25) is 0 Å². The highest BCUT2D eigenvalue weighted by Crippen LogP contribution is 2.45. The number of hydrogen-bond donors (Lipinski definition) is 0. The highest BCUT2D eigenvalue weighted by molar-refractivity contribution is 9.10. The third-order valence-electron chi connectivity index (χ3n) is 2.72. The van der Waals surface area contributed by atoms with E-state index in [0.29, 0.717) is 5.75 Å². The van der Waals surface area contributed by atoms with Crippen molar-refractivity contribution >= 4 is 27.7 Å². The van der Waals surface area contributed by atoms with Crippen LogP contribution in [0.15, 0.2) is 50.7 Å². The van der Waals surface area contributed by atoms with Crippen molar-refractivity contribution in [2.45, 2.75) is 9.79 Å². The molecule has 0 radical (unpaired) electrons. The zero-order valence-electron chi connectivity index (χ0n) is 11.5. The lowest BCUT2D eigenvalue weighted by Gasteiger charge is -2.15. The van der Waals surface area contributed by atoms with Gasteiger partial charge >= 0.3 is 0 Å². The molecule has 0 saturated heterocycles. The summed E-state index contributed by atoms with van der Waals surface area (Å²) in [6.07, 6.45) is 0. The van der Waals surface area contributed by atoms with E-state index in [0.717, 1.165) is 25.8 Å². The first-order chi connectivity index (χ1) is 9.69. The van der Waals surface area contributed by atoms with Crippen molar-refractivity contribution in [3.05, 3.63) is 40.9 Å². The average molecular weight is 355 g/mol. The van der Waals surface area contributed by atoms with Gasteiger partial charge in [-0.25, -0.2) is 0 Å². The molecule has 0 spiro atoms. The molecular weight excluding hydrogens is 340 g/mol. The SMILES string of the molecule is COc1cc(OC)c(Sc2ccccc2Br)c(OC)c1. The Kier molecular flexibility index (Phi) is 5.20. The van der Waals surface area contributed by atoms with E-state index in [1.165, 1.54) is 0 Å². The van der Waals surface area contributed by atoms with Gasteiger partial charge in [-0.2, -0.15) is 0 Å². The van der Waals surface area contributed by atoms with Gasteiger partial charge in [0, 0.05) is 21.5 Å². The maximum Gasteiger partial charge on any atom is 0.140 e. The van der Waals surface area contributed by atoms with Gasteiger partial charge in [0.2, 0.25) is 0 Å². The van der Waals surface area contributed by atoms with Crippen molar-refractivity contribution in [1.29, 1.82) is 0 Å². The van der Waals surface area contributed by atoms with Crippen LogP contribution in [-0.4, -0.2) is 21.3 Å². The first-order valence-corrected chi connectivity index (χ1v) is 7.53. The Morgan fingerprint density at radius 3 is 2.00 bits per heavy atom. The minimum atomic E-state index is 0.704. The van der Waals surface area contributed by atoms with Gasteiger partial charge < -0.3 is 14.2 Å². The smallest absolute Gasteiger partial charge is 0.140 e. The van der Waals surface area contributed by atoms with Crippen LogP contribution in [0.1, 0.15) is 0 Å². The maximum atomic E-state index is 5.45. The van der Waals surface area contributed by atoms with Gasteiger partial charge in [0.15, 0.2) is 0 Å². The van der Waals surface area contributed by atoms with Crippen molar-refractivity contribution in [2.75, 3.05) is 21.3 Å². The lowest BCUT2D eigenvalue weighted by Crippen LogP contribution is -1.94. The Bertz CT molecular complexity index is 576. The Labute approximate surface area is 131 Å². The lowest BCUT2D eigenvalue weighted by molar-refractivity contribution is 0.361. The summed E-state index contributed by atoms with van der Waals surface area (Å²) in [5.41, 5.74) is 0. The van der Waals surface area contributed by atoms with Gasteiger partial charge in [-0.1, -0.05) is 23.9 Å². The van der Waals surface area contributed by atoms with Crippen LogP contribution in [0.4, 0.5) is 0 Å². The standard InChI is InChI=1S/C15H15BrO3S/c1-17-10-8-12(18-2)15(13(9-10)19-3)20-14-7-5-4-6-11(14)16/h4-9H,1-3H3. The van der Waals surface area contributed by atoms with Gasteiger partial charge in [-0.05, 0) is 28.1 Å². The second-order valence-electron chi connectivity index (χ2n) is 3.89. The van der Waals surface area contributed by atoms with Gasteiger partial charge in [0.25, 0.3) is 0 Å². The van der Waals surface area contributed by atoms with Crippen LogP contribution in [0.3, 0.4) is 0 Å². The molecule has 0 saturated carbocycles. The fourth-order valence-electron chi connectivity index (χ4n) is 1.71. The monoisotopic (exact) mass is 354 g/mol. The maximum absolute atomic E-state index is 5.45. The summed E-state index contributed by atoms with van der Waals surface area (Å²) >= 11 is 5.13. The van der Waals surface area contributed by atoms with E-state index in [2.05, 4.69) is 15.9 Å². The van der Waals surface area contributed by atoms with Crippen LogP contribution in [0.2, 0.25) is 0 Å². The van der Waals surface area contributed by atoms with Crippen LogP contribution in [-0.2, 0) is 0 Å². The summed E-state index contributed by atoms with van der Waals surface area (Å²) in [5.74, 6) is 2.15. The lowest BCUT2D eigenvalue weighted by atomic mass is 10.3. The van der Waals surface area contributed by atoms with Crippen molar-refractivity contribution in [2.24, 2.45) is 0 Å². The molecule has 0 N–H and O–H groups in total. The quantitative estimate of drug-likeness (QED) is 0.782. The molecule has 5 heteroatoms. The van der Waals surface area contributed by atoms with Crippen LogP contribution < -0.4 is 14.2 Å². The molecule has 20 heavy (non-hydrogen) atoms. The molecule has 106 valence electrons. The Morgan fingerprint density at radius 1 is 0.900 bits per heavy atom. The van der Waals surface area contributed by atoms with Gasteiger partial charge in [-0.15, -0.1) is 0 Å². The van der Waals surface area contributed by atoms with E-state index in [-0.39, 0.29) is 0 Å². The fourth-order valence-corrected chi connectivity index (χ4v) is 3.26. The van der Waals surface area contributed by atoms with Crippen molar-refractivity contribution in [3.63, 3.8) is 0 Å². The average Bonchev–Trinajstić information content (AvgIpc) is 2.49. The van der Waals surface area contributed by atoms with Crippen LogP contribution in [0.5, 0.6) is 17.2 Å². The third-order valence-corrected chi connectivity index (χ3v) is 4.85. The molecule has 0 aromatic heterocycles. The number of ether oxygens (including phenoxy) is 3. The molecular formula is C15H15BrO3S. The highest BCUT2D eigenvalue weighted by Gasteiger charge is 2.15. The van der Waals surface area contributed by atoms with Crippen LogP contribution in [0, 0.1) is 0 Å². The Hall–Kier alpha value is -1.33. The molecule has 0 bridgehead atoms. The predicted octanol–water partition coefficient (Wildman–Crippen LogP) is 4.63. The molecule has 0 amide bonds. The zero-order chi connectivity index (χ0) is 14.5. The number of hydrogen-bond acceptors (Lipinski definition) is 4. The minimum Gasteiger partial charge on any atom is -0.496 e. The summed E-state index contributed by atoms with van der Waals surface area (Å²) in [4.78, 5) is 2.01. The van der Waals surface area contributed by atoms with Crippen molar-refractivity contribution < 1.29 is 14.2 Å². The third kappa shape index (κ3) is 3.22. The molecule has 0 heterocycles. The Morgan fingerprint density at radius 2 is 1.50 bits per heavy atom. The molecule has 3 nitrogen and oxygen atoms in total. The number of rotatable bonds is 5. The van der Waals surface area contributed by atoms with E-state index in [1.54, 1.807) is 33.1 Å². The minimum absolute atomic E-state index is 0.704. The van der Waals surface area contributed by atoms with Gasteiger partial charge in [0.1, 0.15) is 17.2 Å². The molecule has 2 aromatic carbocycles. The number of methoxy groups -OCH3 is 3. The summed E-state index contributed by atoms with van der Waals surface area (Å²) in [5, 5.41) is 0. The number of benzene rings is 2. The summed E-state index contributed by atoms with van der Waals surface area (Å²) in [6, 6.07) is 11.7. The highest BCUT2D eigenvalue weighted by atomic mass is 79.9. The molecule has 2 rings (SSSR count). The van der Waals surface area contributed by atoms with Crippen LogP contribution >= 0.6 is 27.7 Å². The summed E-state index contributed by atoms with van der Waals surface area (Å²) < 4.78 is 17.2. The molecule has 0 fully saturated rings. The van der Waals surface area contributed by atoms with E-state index in [4.69, 9.17) is 14.2 Å². The summed E-state index contributed by atoms with van der Waals surface area (Å²) in [7, 11) is 4.89. The van der Waals surface area contributed by atoms with E-state index < -0.39 is 0 Å². The second kappa shape index (κ2) is 6.90. The first-order valence-electron chi connectivity index (χ1n) is 5.92. The molecule has 0 unspecified atom stereocenters. The molecule has 2 aromatic rings. The molecule has 0 atom stereocenters. The number of halogens is 1. The second-order valence-corrected chi connectivity index (χ2v) is 5.80. The van der Waals surface area contributed by atoms with Gasteiger partial charge in [0.05, 0.1) is 26.2 Å². The van der Waals surface area contributed by atoms with E-state index >= 15 is 0 Å². The normalized spacial score (nSPS) is 10.2. The topological polar surface area (TPSA) is 27.7 Å². The molecule has 0 aliphatic carbocycles.